The molecule has 0 radical (unpaired) electrons. The van der Waals surface area contributed by atoms with Gasteiger partial charge in [-0.25, -0.2) is 0 Å². The number of phosphoric acid groups is 1. The van der Waals surface area contributed by atoms with E-state index >= 15 is 0 Å². The van der Waals surface area contributed by atoms with Crippen LogP contribution in [-0.2, 0) is 18.4 Å². The molecule has 3 unspecified atom stereocenters. The molecule has 0 aliphatic heterocycles. The third kappa shape index (κ3) is 37.6. The topological polar surface area (TPSA) is 108 Å². The average Bonchev–Trinajstić information content (AvgIpc) is 3.07. The van der Waals surface area contributed by atoms with Crippen LogP contribution in [0.5, 0.6) is 0 Å². The molecule has 0 rings (SSSR count). The van der Waals surface area contributed by atoms with Crippen molar-refractivity contribution in [2.45, 2.75) is 225 Å². The number of nitrogens with one attached hydrogen (secondary N) is 1. The van der Waals surface area contributed by atoms with E-state index in [2.05, 4.69) is 19.2 Å². The van der Waals surface area contributed by atoms with Crippen LogP contribution in [0.3, 0.4) is 0 Å². The number of carbonyl (C=O) groups is 1. The van der Waals surface area contributed by atoms with E-state index < -0.39 is 20.0 Å². The second-order valence-corrected chi connectivity index (χ2v) is 17.8. The number of aliphatic hydroxyl groups is 1. The van der Waals surface area contributed by atoms with E-state index in [1.165, 1.54) is 148 Å². The Kier molecular flexibility index (Phi) is 34.9. The van der Waals surface area contributed by atoms with Crippen molar-refractivity contribution in [3.63, 3.8) is 0 Å². The number of nitrogens with zero attached hydrogens (tertiary/aromatic N) is 1. The molecule has 51 heavy (non-hydrogen) atoms. The molecule has 306 valence electrons. The van der Waals surface area contributed by atoms with Gasteiger partial charge in [-0.2, -0.15) is 0 Å². The van der Waals surface area contributed by atoms with Crippen molar-refractivity contribution in [2.24, 2.45) is 0 Å². The van der Waals surface area contributed by atoms with Gasteiger partial charge in [0.1, 0.15) is 13.2 Å². The first-order valence-electron chi connectivity index (χ1n) is 21.9. The summed E-state index contributed by atoms with van der Waals surface area (Å²) in [5.41, 5.74) is 0. The quantitative estimate of drug-likeness (QED) is 0.0367. The number of unbranched alkanes of at least 4 members (excludes halogenated alkanes) is 27. The van der Waals surface area contributed by atoms with E-state index in [1.807, 2.05) is 21.1 Å². The zero-order chi connectivity index (χ0) is 37.9. The van der Waals surface area contributed by atoms with Gasteiger partial charge in [0, 0.05) is 6.42 Å². The molecule has 9 heteroatoms. The lowest BCUT2D eigenvalue weighted by Gasteiger charge is -2.30. The molecular weight excluding hydrogens is 659 g/mol. The van der Waals surface area contributed by atoms with Gasteiger partial charge in [0.2, 0.25) is 5.91 Å². The molecule has 2 N–H and O–H groups in total. The smallest absolute Gasteiger partial charge is 0.268 e. The predicted molar refractivity (Wildman–Crippen MR) is 215 cm³/mol. The van der Waals surface area contributed by atoms with Gasteiger partial charge in [-0.05, 0) is 12.8 Å². The van der Waals surface area contributed by atoms with Gasteiger partial charge in [-0.1, -0.05) is 194 Å². The number of rotatable bonds is 40. The Morgan fingerprint density at radius 2 is 0.961 bits per heavy atom. The van der Waals surface area contributed by atoms with E-state index in [0.29, 0.717) is 23.9 Å². The van der Waals surface area contributed by atoms with Gasteiger partial charge in [-0.15, -0.1) is 0 Å². The summed E-state index contributed by atoms with van der Waals surface area (Å²) in [6.45, 7) is 4.57. The third-order valence-corrected chi connectivity index (χ3v) is 11.1. The maximum absolute atomic E-state index is 12.7. The second kappa shape index (κ2) is 35.2. The highest BCUT2D eigenvalue weighted by Crippen LogP contribution is 2.38. The van der Waals surface area contributed by atoms with Crippen LogP contribution in [0.25, 0.3) is 0 Å². The second-order valence-electron chi connectivity index (χ2n) is 16.4. The maximum Gasteiger partial charge on any atom is 0.268 e. The van der Waals surface area contributed by atoms with Gasteiger partial charge in [-0.3, -0.25) is 9.36 Å². The molecule has 0 spiro atoms. The summed E-state index contributed by atoms with van der Waals surface area (Å²) in [7, 11) is 1.31. The van der Waals surface area contributed by atoms with Crippen LogP contribution < -0.4 is 10.2 Å². The van der Waals surface area contributed by atoms with Crippen molar-refractivity contribution in [3.05, 3.63) is 0 Å². The first-order valence-corrected chi connectivity index (χ1v) is 23.3. The Morgan fingerprint density at radius 3 is 1.33 bits per heavy atom. The molecule has 0 fully saturated rings. The van der Waals surface area contributed by atoms with E-state index in [-0.39, 0.29) is 19.1 Å². The average molecular weight is 747 g/mol. The zero-order valence-corrected chi connectivity index (χ0v) is 35.5. The van der Waals surface area contributed by atoms with Crippen molar-refractivity contribution in [1.29, 1.82) is 0 Å². The van der Waals surface area contributed by atoms with Crippen LogP contribution in [0.1, 0.15) is 213 Å². The van der Waals surface area contributed by atoms with Crippen molar-refractivity contribution in [2.75, 3.05) is 40.9 Å². The minimum absolute atomic E-state index is 0.0139. The van der Waals surface area contributed by atoms with Gasteiger partial charge in [0.05, 0.1) is 39.9 Å². The first-order chi connectivity index (χ1) is 24.5. The molecule has 3 atom stereocenters. The fourth-order valence-corrected chi connectivity index (χ4v) is 7.29. The third-order valence-electron chi connectivity index (χ3n) is 10.1. The van der Waals surface area contributed by atoms with E-state index in [9.17, 15) is 19.4 Å². The van der Waals surface area contributed by atoms with E-state index in [0.717, 1.165) is 38.5 Å². The van der Waals surface area contributed by atoms with Gasteiger partial charge in [0.25, 0.3) is 7.82 Å². The minimum Gasteiger partial charge on any atom is -0.756 e. The molecule has 0 saturated heterocycles. The summed E-state index contributed by atoms with van der Waals surface area (Å²) in [4.78, 5) is 24.9. The van der Waals surface area contributed by atoms with E-state index in [4.69, 9.17) is 9.05 Å². The molecule has 0 aliphatic carbocycles. The highest BCUT2D eigenvalue weighted by Gasteiger charge is 2.24. The van der Waals surface area contributed by atoms with Crippen molar-refractivity contribution in [1.82, 2.24) is 5.32 Å². The summed E-state index contributed by atoms with van der Waals surface area (Å²) in [6.07, 6.45) is 37.8. The number of phosphoric ester groups is 1. The summed E-state index contributed by atoms with van der Waals surface area (Å²) in [6, 6.07) is -0.789. The number of likely N-dealkylation sites (N-methyl/N-ethyl adjacent to an activating group) is 1. The SMILES string of the molecule is CCCCCCCCCCCCCCCCCCCCCCCCCCCCC(=O)NC(COP(=O)([O-])OCC[N+](C)(C)C)C(O)CCCCC. The largest absolute Gasteiger partial charge is 0.756 e. The predicted octanol–water partition coefficient (Wildman–Crippen LogP) is 11.2. The molecule has 0 aromatic carbocycles. The van der Waals surface area contributed by atoms with Gasteiger partial charge in [0.15, 0.2) is 0 Å². The Morgan fingerprint density at radius 1 is 0.608 bits per heavy atom. The molecule has 0 saturated carbocycles. The van der Waals surface area contributed by atoms with Crippen LogP contribution in [0.4, 0.5) is 0 Å². The van der Waals surface area contributed by atoms with Gasteiger partial charge >= 0.3 is 0 Å². The van der Waals surface area contributed by atoms with Crippen molar-refractivity contribution < 1.29 is 32.9 Å². The molecule has 0 aromatic heterocycles. The Balaban J connectivity index is 3.79. The lowest BCUT2D eigenvalue weighted by molar-refractivity contribution is -0.870. The number of carbonyl (C=O) groups excluding carboxylic acids is 1. The lowest BCUT2D eigenvalue weighted by Crippen LogP contribution is -2.46. The van der Waals surface area contributed by atoms with Crippen LogP contribution >= 0.6 is 7.82 Å². The molecule has 0 aromatic rings. The number of hydrogen-bond donors (Lipinski definition) is 2. The highest BCUT2D eigenvalue weighted by molar-refractivity contribution is 7.45. The lowest BCUT2D eigenvalue weighted by atomic mass is 10.0. The Labute approximate surface area is 317 Å². The Bertz CT molecular complexity index is 809. The standard InChI is InChI=1S/C42H87N2O6P/c1-6-8-10-11-12-13-14-15-16-17-18-19-20-21-22-23-24-25-26-27-28-29-30-31-32-34-36-42(46)43-40(41(45)35-33-9-7-2)39-50-51(47,48)49-38-37-44(3,4)5/h40-41,45H,6-39H2,1-5H3,(H-,43,46,47,48). The zero-order valence-electron chi connectivity index (χ0n) is 34.6. The molecule has 8 nitrogen and oxygen atoms in total. The highest BCUT2D eigenvalue weighted by atomic mass is 31.2. The number of hydrogen-bond acceptors (Lipinski definition) is 6. The number of amides is 1. The molecule has 0 heterocycles. The number of aliphatic hydroxyl groups excluding tert-OH is 1. The van der Waals surface area contributed by atoms with Crippen LogP contribution in [0, 0.1) is 0 Å². The normalized spacial score (nSPS) is 14.4. The van der Waals surface area contributed by atoms with Crippen molar-refractivity contribution >= 4 is 13.7 Å². The fourth-order valence-electron chi connectivity index (χ4n) is 6.57. The van der Waals surface area contributed by atoms with Crippen LogP contribution in [0.15, 0.2) is 0 Å². The van der Waals surface area contributed by atoms with E-state index in [1.54, 1.807) is 0 Å². The first kappa shape index (κ1) is 50.5. The van der Waals surface area contributed by atoms with Gasteiger partial charge < -0.3 is 28.8 Å². The monoisotopic (exact) mass is 747 g/mol. The summed E-state index contributed by atoms with van der Waals surface area (Å²) < 4.78 is 22.9. The minimum atomic E-state index is -4.53. The summed E-state index contributed by atoms with van der Waals surface area (Å²) in [5, 5.41) is 13.5. The number of quaternary nitrogens is 1. The Hall–Kier alpha value is -0.500. The maximum atomic E-state index is 12.7. The summed E-state index contributed by atoms with van der Waals surface area (Å²) >= 11 is 0. The van der Waals surface area contributed by atoms with Crippen LogP contribution in [-0.4, -0.2) is 68.5 Å². The van der Waals surface area contributed by atoms with Crippen molar-refractivity contribution in [3.8, 4) is 0 Å². The summed E-state index contributed by atoms with van der Waals surface area (Å²) in [5.74, 6) is -0.172. The van der Waals surface area contributed by atoms with Crippen LogP contribution in [0.2, 0.25) is 0 Å². The fraction of sp³-hybridized carbons (Fsp3) is 0.976. The molecule has 0 bridgehead atoms. The molecular formula is C42H87N2O6P. The molecule has 0 aliphatic rings. The molecule has 1 amide bonds.